The van der Waals surface area contributed by atoms with E-state index in [-0.39, 0.29) is 12.5 Å². The molecule has 7 heteroatoms. The second-order valence-corrected chi connectivity index (χ2v) is 7.02. The van der Waals surface area contributed by atoms with Gasteiger partial charge in [-0.2, -0.15) is 10.2 Å². The molecule has 0 bridgehead atoms. The van der Waals surface area contributed by atoms with Crippen LogP contribution in [0, 0.1) is 20.8 Å². The predicted octanol–water partition coefficient (Wildman–Crippen LogP) is 3.40. The van der Waals surface area contributed by atoms with Crippen molar-refractivity contribution in [1.29, 1.82) is 0 Å². The van der Waals surface area contributed by atoms with Gasteiger partial charge in [0.25, 0.3) is 0 Å². The first-order valence-electron chi connectivity index (χ1n) is 9.11. The van der Waals surface area contributed by atoms with Gasteiger partial charge in [0, 0.05) is 24.8 Å². The fourth-order valence-corrected chi connectivity index (χ4v) is 3.49. The molecule has 0 unspecified atom stereocenters. The molecule has 0 fully saturated rings. The number of benzene rings is 1. The summed E-state index contributed by atoms with van der Waals surface area (Å²) < 4.78 is 3.33. The quantitative estimate of drug-likeness (QED) is 0.594. The molecule has 1 amide bonds. The fraction of sp³-hybridized carbons (Fsp3) is 0.238. The zero-order valence-corrected chi connectivity index (χ0v) is 16.4. The van der Waals surface area contributed by atoms with Crippen LogP contribution in [0.5, 0.6) is 0 Å². The Hall–Kier alpha value is -3.48. The van der Waals surface area contributed by atoms with Crippen LogP contribution in [0.15, 0.2) is 42.7 Å². The molecule has 0 aliphatic heterocycles. The smallest absolute Gasteiger partial charge is 0.246 e. The average Bonchev–Trinajstić information content (AvgIpc) is 3.13. The first-order chi connectivity index (χ1) is 13.4. The summed E-state index contributed by atoms with van der Waals surface area (Å²) in [6.07, 6.45) is 3.55. The van der Waals surface area contributed by atoms with Crippen LogP contribution >= 0.6 is 0 Å². The second kappa shape index (κ2) is 6.92. The van der Waals surface area contributed by atoms with Crippen molar-refractivity contribution in [2.24, 2.45) is 7.05 Å². The van der Waals surface area contributed by atoms with Crippen LogP contribution in [0.3, 0.4) is 0 Å². The van der Waals surface area contributed by atoms with Gasteiger partial charge in [-0.3, -0.25) is 9.48 Å². The maximum Gasteiger partial charge on any atom is 0.246 e. The number of nitrogens with one attached hydrogen (secondary N) is 1. The molecule has 1 N–H and O–H groups in total. The topological polar surface area (TPSA) is 77.6 Å². The maximum absolute atomic E-state index is 12.6. The monoisotopic (exact) mass is 374 g/mol. The number of carbonyl (C=O) groups is 1. The van der Waals surface area contributed by atoms with Crippen molar-refractivity contribution in [2.45, 2.75) is 27.3 Å². The van der Waals surface area contributed by atoms with Gasteiger partial charge in [0.05, 0.1) is 17.1 Å². The van der Waals surface area contributed by atoms with Crippen LogP contribution in [0.4, 0.5) is 5.69 Å². The Labute approximate surface area is 163 Å². The van der Waals surface area contributed by atoms with Gasteiger partial charge in [0.15, 0.2) is 5.65 Å². The molecule has 0 radical (unpaired) electrons. The first-order valence-corrected chi connectivity index (χ1v) is 9.11. The molecular weight excluding hydrogens is 352 g/mol. The number of anilines is 1. The highest BCUT2D eigenvalue weighted by atomic mass is 16.2. The Morgan fingerprint density at radius 3 is 2.64 bits per heavy atom. The first kappa shape index (κ1) is 17.9. The van der Waals surface area contributed by atoms with Crippen LogP contribution in [0.2, 0.25) is 0 Å². The van der Waals surface area contributed by atoms with Crippen LogP contribution in [0.25, 0.3) is 22.2 Å². The zero-order valence-electron chi connectivity index (χ0n) is 16.4. The van der Waals surface area contributed by atoms with Crippen LogP contribution < -0.4 is 5.32 Å². The third-order valence-corrected chi connectivity index (χ3v) is 4.72. The van der Waals surface area contributed by atoms with Gasteiger partial charge >= 0.3 is 0 Å². The number of rotatable bonds is 4. The SMILES string of the molecule is Cc1cccc(-c2ccnc3c2c(C)nn3CC(=O)Nc2cn(C)nc2C)c1. The summed E-state index contributed by atoms with van der Waals surface area (Å²) in [6.45, 7) is 5.97. The molecule has 0 aliphatic carbocycles. The van der Waals surface area contributed by atoms with Gasteiger partial charge in [0.2, 0.25) is 5.91 Å². The number of fused-ring (bicyclic) bond motifs is 1. The zero-order chi connectivity index (χ0) is 19.8. The van der Waals surface area contributed by atoms with E-state index in [2.05, 4.69) is 45.6 Å². The van der Waals surface area contributed by atoms with E-state index in [4.69, 9.17) is 0 Å². The van der Waals surface area contributed by atoms with Crippen molar-refractivity contribution in [1.82, 2.24) is 24.5 Å². The Morgan fingerprint density at radius 2 is 1.93 bits per heavy atom. The van der Waals surface area contributed by atoms with E-state index in [0.717, 1.165) is 27.9 Å². The third kappa shape index (κ3) is 3.26. The minimum atomic E-state index is -0.164. The van der Waals surface area contributed by atoms with E-state index in [9.17, 15) is 4.79 Å². The molecule has 7 nitrogen and oxygen atoms in total. The number of pyridine rings is 1. The van der Waals surface area contributed by atoms with Gasteiger partial charge in [0.1, 0.15) is 6.54 Å². The fourth-order valence-electron chi connectivity index (χ4n) is 3.49. The lowest BCUT2D eigenvalue weighted by molar-refractivity contribution is -0.116. The number of carbonyl (C=O) groups excluding carboxylic acids is 1. The summed E-state index contributed by atoms with van der Waals surface area (Å²) >= 11 is 0. The minimum absolute atomic E-state index is 0.0863. The molecule has 28 heavy (non-hydrogen) atoms. The van der Waals surface area contributed by atoms with Crippen molar-refractivity contribution in [3.63, 3.8) is 0 Å². The normalized spacial score (nSPS) is 11.1. The number of nitrogens with zero attached hydrogens (tertiary/aromatic N) is 5. The molecule has 1 aromatic carbocycles. The van der Waals surface area contributed by atoms with E-state index < -0.39 is 0 Å². The summed E-state index contributed by atoms with van der Waals surface area (Å²) in [5.41, 5.74) is 6.41. The lowest BCUT2D eigenvalue weighted by Gasteiger charge is -2.07. The lowest BCUT2D eigenvalue weighted by atomic mass is 10.0. The standard InChI is InChI=1S/C21H22N6O/c1-13-6-5-7-16(10-13)17-8-9-22-21-20(17)15(3)25-27(21)12-19(28)23-18-11-26(4)24-14(18)2/h5-11H,12H2,1-4H3,(H,23,28). The number of aromatic nitrogens is 5. The van der Waals surface area contributed by atoms with Crippen molar-refractivity contribution in [3.05, 3.63) is 59.7 Å². The minimum Gasteiger partial charge on any atom is -0.322 e. The van der Waals surface area contributed by atoms with E-state index in [0.29, 0.717) is 11.3 Å². The molecule has 0 saturated heterocycles. The van der Waals surface area contributed by atoms with E-state index in [1.807, 2.05) is 33.0 Å². The summed E-state index contributed by atoms with van der Waals surface area (Å²) in [5, 5.41) is 12.7. The Bertz CT molecular complexity index is 1190. The highest BCUT2D eigenvalue weighted by molar-refractivity contribution is 5.96. The van der Waals surface area contributed by atoms with Crippen LogP contribution in [0.1, 0.15) is 17.0 Å². The van der Waals surface area contributed by atoms with Crippen LogP contribution in [-0.2, 0) is 18.4 Å². The molecule has 0 saturated carbocycles. The van der Waals surface area contributed by atoms with E-state index >= 15 is 0 Å². The second-order valence-electron chi connectivity index (χ2n) is 7.02. The predicted molar refractivity (Wildman–Crippen MR) is 109 cm³/mol. The molecule has 0 atom stereocenters. The largest absolute Gasteiger partial charge is 0.322 e. The number of aryl methyl sites for hydroxylation is 4. The van der Waals surface area contributed by atoms with Crippen molar-refractivity contribution < 1.29 is 4.79 Å². The molecule has 0 aliphatic rings. The maximum atomic E-state index is 12.6. The molecular formula is C21H22N6O. The van der Waals surface area contributed by atoms with Gasteiger partial charge in [-0.05, 0) is 38.0 Å². The molecule has 4 aromatic rings. The number of hydrogen-bond donors (Lipinski definition) is 1. The molecule has 142 valence electrons. The number of amides is 1. The van der Waals surface area contributed by atoms with Crippen LogP contribution in [-0.4, -0.2) is 30.5 Å². The van der Waals surface area contributed by atoms with Gasteiger partial charge < -0.3 is 5.32 Å². The molecule has 3 aromatic heterocycles. The van der Waals surface area contributed by atoms with E-state index in [1.54, 1.807) is 21.8 Å². The van der Waals surface area contributed by atoms with Crippen molar-refractivity contribution >= 4 is 22.6 Å². The van der Waals surface area contributed by atoms with Gasteiger partial charge in [-0.15, -0.1) is 0 Å². The van der Waals surface area contributed by atoms with Crippen molar-refractivity contribution in [3.8, 4) is 11.1 Å². The van der Waals surface area contributed by atoms with Crippen molar-refractivity contribution in [2.75, 3.05) is 5.32 Å². The average molecular weight is 374 g/mol. The number of hydrogen-bond acceptors (Lipinski definition) is 4. The van der Waals surface area contributed by atoms with E-state index in [1.165, 1.54) is 5.56 Å². The Morgan fingerprint density at radius 1 is 1.11 bits per heavy atom. The Kier molecular flexibility index (Phi) is 4.43. The molecule has 0 spiro atoms. The Balaban J connectivity index is 1.68. The summed E-state index contributed by atoms with van der Waals surface area (Å²) in [5.74, 6) is -0.164. The molecule has 3 heterocycles. The molecule has 4 rings (SSSR count). The van der Waals surface area contributed by atoms with Gasteiger partial charge in [-0.25, -0.2) is 9.67 Å². The summed E-state index contributed by atoms with van der Waals surface area (Å²) in [7, 11) is 1.82. The lowest BCUT2D eigenvalue weighted by Crippen LogP contribution is -2.20. The highest BCUT2D eigenvalue weighted by Crippen LogP contribution is 2.30. The summed E-state index contributed by atoms with van der Waals surface area (Å²) in [4.78, 5) is 17.1. The summed E-state index contributed by atoms with van der Waals surface area (Å²) in [6, 6.07) is 10.3. The van der Waals surface area contributed by atoms with Gasteiger partial charge in [-0.1, -0.05) is 29.8 Å². The highest BCUT2D eigenvalue weighted by Gasteiger charge is 2.16. The third-order valence-electron chi connectivity index (χ3n) is 4.72.